The molecule has 4 nitrogen and oxygen atoms in total. The summed E-state index contributed by atoms with van der Waals surface area (Å²) in [6, 6.07) is 0. The second kappa shape index (κ2) is 9.59. The van der Waals surface area contributed by atoms with Crippen molar-refractivity contribution in [3.8, 4) is 0 Å². The van der Waals surface area contributed by atoms with Crippen LogP contribution in [0.1, 0.15) is 116 Å². The Hall–Kier alpha value is -0.520. The second-order valence-corrected chi connectivity index (χ2v) is 16.0. The summed E-state index contributed by atoms with van der Waals surface area (Å²) in [6.45, 7) is 16.6. The molecule has 4 aliphatic rings. The summed E-state index contributed by atoms with van der Waals surface area (Å²) < 4.78 is 0. The fourth-order valence-corrected chi connectivity index (χ4v) is 11.1. The van der Waals surface area contributed by atoms with Crippen molar-refractivity contribution >= 4 is 11.3 Å². The van der Waals surface area contributed by atoms with Crippen molar-refractivity contribution in [1.82, 2.24) is 10.2 Å². The summed E-state index contributed by atoms with van der Waals surface area (Å²) in [7, 11) is 0. The van der Waals surface area contributed by atoms with E-state index in [4.69, 9.17) is 0 Å². The van der Waals surface area contributed by atoms with Gasteiger partial charge in [0, 0.05) is 11.8 Å². The lowest BCUT2D eigenvalue weighted by atomic mass is 9.41. The molecule has 0 aromatic carbocycles. The number of fused-ring (bicyclic) bond motifs is 5. The molecule has 204 valence electrons. The molecule has 0 bridgehead atoms. The summed E-state index contributed by atoms with van der Waals surface area (Å²) in [6.07, 6.45) is 11.1. The normalized spacial score (nSPS) is 45.6. The largest absolute Gasteiger partial charge is 0.393 e. The zero-order chi connectivity index (χ0) is 26.0. The Balaban J connectivity index is 1.33. The predicted molar refractivity (Wildman–Crippen MR) is 148 cm³/mol. The summed E-state index contributed by atoms with van der Waals surface area (Å²) in [5.74, 6) is 3.95. The third-order valence-corrected chi connectivity index (χ3v) is 13.5. The van der Waals surface area contributed by atoms with Crippen LogP contribution >= 0.6 is 11.3 Å². The van der Waals surface area contributed by atoms with Gasteiger partial charge in [0.15, 0.2) is 0 Å². The van der Waals surface area contributed by atoms with Crippen LogP contribution in [0.2, 0.25) is 0 Å². The lowest BCUT2D eigenvalue weighted by Gasteiger charge is -2.64. The first kappa shape index (κ1) is 27.1. The smallest absolute Gasteiger partial charge is 0.122 e. The van der Waals surface area contributed by atoms with E-state index in [0.717, 1.165) is 43.0 Å². The van der Waals surface area contributed by atoms with Gasteiger partial charge >= 0.3 is 0 Å². The van der Waals surface area contributed by atoms with Gasteiger partial charge in [0.25, 0.3) is 0 Å². The van der Waals surface area contributed by atoms with Crippen LogP contribution < -0.4 is 0 Å². The van der Waals surface area contributed by atoms with Crippen LogP contribution in [0.4, 0.5) is 0 Å². The number of aryl methyl sites for hydroxylation is 1. The minimum Gasteiger partial charge on any atom is -0.393 e. The predicted octanol–water partition coefficient (Wildman–Crippen LogP) is 7.03. The molecule has 1 heterocycles. The van der Waals surface area contributed by atoms with Crippen molar-refractivity contribution in [1.29, 1.82) is 0 Å². The molecule has 0 amide bonds. The molecule has 1 aromatic rings. The van der Waals surface area contributed by atoms with Crippen LogP contribution in [0.5, 0.6) is 0 Å². The molecule has 0 spiro atoms. The van der Waals surface area contributed by atoms with Gasteiger partial charge in [-0.1, -0.05) is 54.9 Å². The van der Waals surface area contributed by atoms with E-state index in [1.165, 1.54) is 37.1 Å². The Labute approximate surface area is 224 Å². The molecule has 1 aromatic heterocycles. The zero-order valence-electron chi connectivity index (χ0n) is 24.0. The van der Waals surface area contributed by atoms with Crippen molar-refractivity contribution in [3.63, 3.8) is 0 Å². The topological polar surface area (TPSA) is 66.2 Å². The fourth-order valence-electron chi connectivity index (χ4n) is 10.1. The number of hydrogen-bond donors (Lipinski definition) is 2. The lowest BCUT2D eigenvalue weighted by Crippen LogP contribution is -2.62. The van der Waals surface area contributed by atoms with E-state index in [1.54, 1.807) is 11.3 Å². The Morgan fingerprint density at radius 2 is 1.67 bits per heavy atom. The van der Waals surface area contributed by atoms with Gasteiger partial charge < -0.3 is 10.2 Å². The molecule has 4 fully saturated rings. The van der Waals surface area contributed by atoms with E-state index < -0.39 is 0 Å². The Bertz CT molecular complexity index is 926. The number of aliphatic hydroxyl groups excluding tert-OH is 2. The molecular formula is C31H52N2O2S. The molecule has 0 radical (unpaired) electrons. The van der Waals surface area contributed by atoms with Crippen LogP contribution in [0.15, 0.2) is 0 Å². The van der Waals surface area contributed by atoms with Crippen LogP contribution in [-0.2, 0) is 11.8 Å². The van der Waals surface area contributed by atoms with Gasteiger partial charge in [0.1, 0.15) is 10.0 Å². The molecule has 2 N–H and O–H groups in total. The highest BCUT2D eigenvalue weighted by Gasteiger charge is 2.64. The number of nitrogens with zero attached hydrogens (tertiary/aromatic N) is 2. The number of aliphatic hydroxyl groups is 2. The van der Waals surface area contributed by atoms with Crippen LogP contribution in [-0.4, -0.2) is 32.6 Å². The molecule has 0 saturated heterocycles. The minimum absolute atomic E-state index is 0.0789. The maximum atomic E-state index is 11.9. The van der Waals surface area contributed by atoms with Crippen molar-refractivity contribution in [2.75, 3.05) is 0 Å². The molecule has 11 atom stereocenters. The maximum absolute atomic E-state index is 11.9. The Morgan fingerprint density at radius 3 is 2.33 bits per heavy atom. The van der Waals surface area contributed by atoms with Gasteiger partial charge in [0.2, 0.25) is 0 Å². The van der Waals surface area contributed by atoms with E-state index >= 15 is 0 Å². The van der Waals surface area contributed by atoms with Gasteiger partial charge in [-0.15, -0.1) is 21.5 Å². The molecule has 36 heavy (non-hydrogen) atoms. The SMILES string of the molecule is CC[C@H]1[C@@H](O)[C@@H]2[C@H](CC[C@]3(C)[C@@H]([C@H](C)CCc4nnc(C(C)(C)C)s4)CC[C@@H]23)[C@@]2(C)CC[C@@H](O)C[C@@H]12. The molecule has 4 aliphatic carbocycles. The molecule has 5 heteroatoms. The summed E-state index contributed by atoms with van der Waals surface area (Å²) in [5.41, 5.74) is 0.710. The monoisotopic (exact) mass is 516 g/mol. The summed E-state index contributed by atoms with van der Waals surface area (Å²) in [5, 5.41) is 33.8. The van der Waals surface area contributed by atoms with Gasteiger partial charge in [-0.3, -0.25) is 0 Å². The van der Waals surface area contributed by atoms with Gasteiger partial charge in [-0.05, 0) is 104 Å². The highest BCUT2D eigenvalue weighted by Crippen LogP contribution is 2.69. The van der Waals surface area contributed by atoms with Gasteiger partial charge in [0.05, 0.1) is 12.2 Å². The second-order valence-electron chi connectivity index (χ2n) is 14.9. The van der Waals surface area contributed by atoms with Crippen molar-refractivity contribution in [2.24, 2.45) is 52.3 Å². The highest BCUT2D eigenvalue weighted by molar-refractivity contribution is 7.11. The van der Waals surface area contributed by atoms with Crippen molar-refractivity contribution in [2.45, 2.75) is 130 Å². The van der Waals surface area contributed by atoms with Crippen LogP contribution in [0.3, 0.4) is 0 Å². The average molecular weight is 517 g/mol. The lowest BCUT2D eigenvalue weighted by molar-refractivity contribution is -0.203. The molecule has 0 aliphatic heterocycles. The third kappa shape index (κ3) is 4.31. The first-order valence-corrected chi connectivity index (χ1v) is 15.9. The standard InChI is InChI=1S/C31H52N2O2S/c1-8-20-24-17-19(34)13-15-31(24,7)23-14-16-30(6)21(10-11-22(30)26(23)27(20)35)18(2)9-12-25-32-33-28(36-25)29(3,4)5/h18-24,26-27,34-35H,8-17H2,1-7H3/t18-,19-,20-,21-,22+,23+,24+,26+,27-,30-,31-/m1/s1. The Kier molecular flexibility index (Phi) is 7.21. The number of hydrogen-bond acceptors (Lipinski definition) is 5. The quantitative estimate of drug-likeness (QED) is 0.441. The highest BCUT2D eigenvalue weighted by atomic mass is 32.1. The summed E-state index contributed by atoms with van der Waals surface area (Å²) >= 11 is 1.80. The number of aromatic nitrogens is 2. The van der Waals surface area contributed by atoms with Crippen molar-refractivity contribution in [3.05, 3.63) is 10.0 Å². The van der Waals surface area contributed by atoms with Gasteiger partial charge in [-0.2, -0.15) is 0 Å². The van der Waals surface area contributed by atoms with E-state index in [0.29, 0.717) is 40.9 Å². The van der Waals surface area contributed by atoms with E-state index in [1.807, 2.05) is 0 Å². The van der Waals surface area contributed by atoms with E-state index in [2.05, 4.69) is 58.7 Å². The molecule has 0 unspecified atom stereocenters. The zero-order valence-corrected chi connectivity index (χ0v) is 24.8. The Morgan fingerprint density at radius 1 is 0.972 bits per heavy atom. The van der Waals surface area contributed by atoms with E-state index in [9.17, 15) is 10.2 Å². The number of rotatable bonds is 5. The van der Waals surface area contributed by atoms with Crippen LogP contribution in [0, 0.1) is 52.3 Å². The minimum atomic E-state index is -0.195. The van der Waals surface area contributed by atoms with Crippen molar-refractivity contribution < 1.29 is 10.2 Å². The fraction of sp³-hybridized carbons (Fsp3) is 0.935. The first-order valence-electron chi connectivity index (χ1n) is 15.1. The first-order chi connectivity index (χ1) is 16.9. The van der Waals surface area contributed by atoms with E-state index in [-0.39, 0.29) is 23.0 Å². The van der Waals surface area contributed by atoms with Crippen LogP contribution in [0.25, 0.3) is 0 Å². The maximum Gasteiger partial charge on any atom is 0.122 e. The third-order valence-electron chi connectivity index (χ3n) is 12.1. The molecule has 4 saturated carbocycles. The summed E-state index contributed by atoms with van der Waals surface area (Å²) in [4.78, 5) is 0. The molecular weight excluding hydrogens is 464 g/mol. The van der Waals surface area contributed by atoms with Gasteiger partial charge in [-0.25, -0.2) is 0 Å². The molecule has 5 rings (SSSR count). The average Bonchev–Trinajstić information content (AvgIpc) is 3.43.